The van der Waals surface area contributed by atoms with Gasteiger partial charge in [-0.05, 0) is 52.4 Å². The predicted molar refractivity (Wildman–Crippen MR) is 101 cm³/mol. The van der Waals surface area contributed by atoms with Gasteiger partial charge >= 0.3 is 0 Å². The highest BCUT2D eigenvalue weighted by molar-refractivity contribution is 9.10. The van der Waals surface area contributed by atoms with Gasteiger partial charge in [0.1, 0.15) is 0 Å². The van der Waals surface area contributed by atoms with Gasteiger partial charge in [0.05, 0.1) is 18.3 Å². The van der Waals surface area contributed by atoms with Crippen LogP contribution in [0.4, 0.5) is 5.69 Å². The van der Waals surface area contributed by atoms with Crippen molar-refractivity contribution in [3.05, 3.63) is 51.1 Å². The summed E-state index contributed by atoms with van der Waals surface area (Å²) >= 11 is 5.18. The van der Waals surface area contributed by atoms with Crippen molar-refractivity contribution in [3.63, 3.8) is 0 Å². The maximum Gasteiger partial charge on any atom is 0.238 e. The van der Waals surface area contributed by atoms with Crippen molar-refractivity contribution in [3.8, 4) is 0 Å². The van der Waals surface area contributed by atoms with E-state index < -0.39 is 0 Å². The fraction of sp³-hybridized carbons (Fsp3) is 0.389. The molecule has 3 rings (SSSR count). The highest BCUT2D eigenvalue weighted by atomic mass is 79.9. The molecule has 24 heavy (non-hydrogen) atoms. The highest BCUT2D eigenvalue weighted by Crippen LogP contribution is 2.21. The summed E-state index contributed by atoms with van der Waals surface area (Å²) in [6, 6.07) is 11.8. The molecule has 128 valence electrons. The number of nitrogens with one attached hydrogen (secondary N) is 1. The molecule has 0 saturated carbocycles. The fourth-order valence-electron chi connectivity index (χ4n) is 2.84. The molecule has 1 fully saturated rings. The summed E-state index contributed by atoms with van der Waals surface area (Å²) in [5, 5.41) is 5.05. The van der Waals surface area contributed by atoms with E-state index in [9.17, 15) is 4.79 Å². The van der Waals surface area contributed by atoms with Gasteiger partial charge in [0.25, 0.3) is 0 Å². The number of thiophene rings is 1. The Kier molecular flexibility index (Phi) is 6.43. The number of nitrogens with zero attached hydrogens (tertiary/aromatic N) is 1. The average Bonchev–Trinajstić information content (AvgIpc) is 3.23. The zero-order chi connectivity index (χ0) is 16.8. The third kappa shape index (κ3) is 5.14. The lowest BCUT2D eigenvalue weighted by atomic mass is 10.2. The van der Waals surface area contributed by atoms with Crippen LogP contribution in [-0.4, -0.2) is 36.6 Å². The van der Waals surface area contributed by atoms with E-state index in [4.69, 9.17) is 4.74 Å². The van der Waals surface area contributed by atoms with Crippen molar-refractivity contribution >= 4 is 38.9 Å². The minimum atomic E-state index is -0.00328. The molecule has 1 aromatic heterocycles. The third-order valence-corrected chi connectivity index (χ3v) is 5.51. The average molecular weight is 409 g/mol. The van der Waals surface area contributed by atoms with Crippen molar-refractivity contribution in [1.82, 2.24) is 4.90 Å². The van der Waals surface area contributed by atoms with Gasteiger partial charge in [0.15, 0.2) is 0 Å². The van der Waals surface area contributed by atoms with E-state index in [1.165, 1.54) is 4.88 Å². The lowest BCUT2D eigenvalue weighted by Gasteiger charge is -2.24. The lowest BCUT2D eigenvalue weighted by Crippen LogP contribution is -2.37. The highest BCUT2D eigenvalue weighted by Gasteiger charge is 2.21. The molecule has 1 saturated heterocycles. The lowest BCUT2D eigenvalue weighted by molar-refractivity contribution is -0.117. The summed E-state index contributed by atoms with van der Waals surface area (Å²) < 4.78 is 6.64. The standard InChI is InChI=1S/C18H21BrN2O2S/c19-16-7-1-2-8-17(16)20-18(22)13-21(11-14-5-3-9-23-14)12-15-6-4-10-24-15/h1-2,4,6-8,10,14H,3,5,9,11-13H2,(H,20,22)/t14-/m1/s1. The van der Waals surface area contributed by atoms with Gasteiger partial charge in [-0.1, -0.05) is 18.2 Å². The van der Waals surface area contributed by atoms with Crippen LogP contribution in [0.1, 0.15) is 17.7 Å². The molecule has 1 N–H and O–H groups in total. The summed E-state index contributed by atoms with van der Waals surface area (Å²) in [6.45, 7) is 2.77. The molecule has 1 aromatic carbocycles. The molecule has 0 spiro atoms. The second-order valence-corrected chi connectivity index (χ2v) is 7.80. The van der Waals surface area contributed by atoms with Crippen LogP contribution in [0, 0.1) is 0 Å². The third-order valence-electron chi connectivity index (χ3n) is 3.96. The van der Waals surface area contributed by atoms with E-state index in [2.05, 4.69) is 37.6 Å². The number of halogens is 1. The molecule has 0 bridgehead atoms. The number of amides is 1. The minimum absolute atomic E-state index is 0.00328. The minimum Gasteiger partial charge on any atom is -0.377 e. The fourth-order valence-corrected chi connectivity index (χ4v) is 3.97. The van der Waals surface area contributed by atoms with E-state index in [1.54, 1.807) is 11.3 Å². The first kappa shape index (κ1) is 17.6. The van der Waals surface area contributed by atoms with E-state index in [0.717, 1.165) is 42.7 Å². The first-order valence-electron chi connectivity index (χ1n) is 8.11. The topological polar surface area (TPSA) is 41.6 Å². The Bertz CT molecular complexity index is 657. The number of hydrogen-bond acceptors (Lipinski definition) is 4. The van der Waals surface area contributed by atoms with Crippen LogP contribution in [0.3, 0.4) is 0 Å². The van der Waals surface area contributed by atoms with Crippen LogP contribution >= 0.6 is 27.3 Å². The Morgan fingerprint density at radius 2 is 2.21 bits per heavy atom. The number of para-hydroxylation sites is 1. The zero-order valence-electron chi connectivity index (χ0n) is 13.4. The first-order valence-corrected chi connectivity index (χ1v) is 9.78. The van der Waals surface area contributed by atoms with Crippen molar-refractivity contribution in [2.45, 2.75) is 25.5 Å². The Morgan fingerprint density at radius 3 is 2.92 bits per heavy atom. The quantitative estimate of drug-likeness (QED) is 0.748. The monoisotopic (exact) mass is 408 g/mol. The van der Waals surface area contributed by atoms with Crippen LogP contribution < -0.4 is 5.32 Å². The summed E-state index contributed by atoms with van der Waals surface area (Å²) in [6.07, 6.45) is 2.43. The normalized spacial score (nSPS) is 17.3. The van der Waals surface area contributed by atoms with Crippen molar-refractivity contribution in [1.29, 1.82) is 0 Å². The van der Waals surface area contributed by atoms with Gasteiger partial charge < -0.3 is 10.1 Å². The van der Waals surface area contributed by atoms with Crippen LogP contribution in [0.2, 0.25) is 0 Å². The van der Waals surface area contributed by atoms with E-state index in [1.807, 2.05) is 30.3 Å². The molecule has 1 atom stereocenters. The number of ether oxygens (including phenoxy) is 1. The van der Waals surface area contributed by atoms with Gasteiger partial charge in [-0.25, -0.2) is 0 Å². The molecule has 0 radical (unpaired) electrons. The van der Waals surface area contributed by atoms with Crippen LogP contribution in [0.25, 0.3) is 0 Å². The van der Waals surface area contributed by atoms with Crippen LogP contribution in [0.5, 0.6) is 0 Å². The van der Waals surface area contributed by atoms with Crippen molar-refractivity contribution in [2.75, 3.05) is 25.0 Å². The number of benzene rings is 1. The first-order chi connectivity index (χ1) is 11.7. The molecule has 1 aliphatic heterocycles. The van der Waals surface area contributed by atoms with Crippen LogP contribution in [0.15, 0.2) is 46.3 Å². The Balaban J connectivity index is 1.61. The second kappa shape index (κ2) is 8.76. The summed E-state index contributed by atoms with van der Waals surface area (Å²) in [5.41, 5.74) is 0.802. The van der Waals surface area contributed by atoms with Gasteiger partial charge in [-0.15, -0.1) is 11.3 Å². The summed E-state index contributed by atoms with van der Waals surface area (Å²) in [5.74, 6) is -0.00328. The molecule has 2 heterocycles. The molecule has 1 amide bonds. The number of hydrogen-bond donors (Lipinski definition) is 1. The molecular weight excluding hydrogens is 388 g/mol. The predicted octanol–water partition coefficient (Wildman–Crippen LogP) is 4.13. The number of rotatable bonds is 7. The zero-order valence-corrected chi connectivity index (χ0v) is 15.8. The van der Waals surface area contributed by atoms with Crippen LogP contribution in [-0.2, 0) is 16.1 Å². The van der Waals surface area contributed by atoms with Crippen molar-refractivity contribution in [2.24, 2.45) is 0 Å². The number of carbonyl (C=O) groups is 1. The SMILES string of the molecule is O=C(CN(Cc1cccs1)C[C@H]1CCCO1)Nc1ccccc1Br. The van der Waals surface area contributed by atoms with E-state index >= 15 is 0 Å². The van der Waals surface area contributed by atoms with Crippen molar-refractivity contribution < 1.29 is 9.53 Å². The molecule has 0 unspecified atom stereocenters. The maximum absolute atomic E-state index is 12.5. The maximum atomic E-state index is 12.5. The van der Waals surface area contributed by atoms with Gasteiger partial charge in [0, 0.05) is 29.0 Å². The van der Waals surface area contributed by atoms with E-state index in [-0.39, 0.29) is 12.0 Å². The Hall–Kier alpha value is -1.21. The summed E-state index contributed by atoms with van der Waals surface area (Å²) in [4.78, 5) is 15.9. The smallest absolute Gasteiger partial charge is 0.238 e. The van der Waals surface area contributed by atoms with E-state index in [0.29, 0.717) is 6.54 Å². The molecule has 4 nitrogen and oxygen atoms in total. The summed E-state index contributed by atoms with van der Waals surface area (Å²) in [7, 11) is 0. The Labute approximate surface area is 154 Å². The molecule has 6 heteroatoms. The number of anilines is 1. The van der Waals surface area contributed by atoms with Gasteiger partial charge in [0.2, 0.25) is 5.91 Å². The largest absolute Gasteiger partial charge is 0.377 e. The molecular formula is C18H21BrN2O2S. The molecule has 2 aromatic rings. The van der Waals surface area contributed by atoms with Gasteiger partial charge in [-0.3, -0.25) is 9.69 Å². The molecule has 0 aliphatic carbocycles. The van der Waals surface area contributed by atoms with Gasteiger partial charge in [-0.2, -0.15) is 0 Å². The Morgan fingerprint density at radius 1 is 1.33 bits per heavy atom. The molecule has 1 aliphatic rings. The number of carbonyl (C=O) groups excluding carboxylic acids is 1. The second-order valence-electron chi connectivity index (χ2n) is 5.91.